The number of carboxylic acids is 1. The fourth-order valence-corrected chi connectivity index (χ4v) is 2.12. The molecular weight excluding hydrogens is 261 g/mol. The lowest BCUT2D eigenvalue weighted by Gasteiger charge is -2.05. The van der Waals surface area contributed by atoms with Gasteiger partial charge in [-0.15, -0.1) is 0 Å². The first-order valence-electron chi connectivity index (χ1n) is 5.96. The van der Waals surface area contributed by atoms with Crippen LogP contribution < -0.4 is 5.32 Å². The first-order chi connectivity index (χ1) is 9.58. The number of nitrogens with one attached hydrogen (secondary N) is 2. The van der Waals surface area contributed by atoms with Gasteiger partial charge in [-0.3, -0.25) is 0 Å². The summed E-state index contributed by atoms with van der Waals surface area (Å²) in [5.74, 6) is -1.74. The first kappa shape index (κ1) is 13.8. The van der Waals surface area contributed by atoms with Gasteiger partial charge in [-0.1, -0.05) is 6.07 Å². The Bertz CT molecular complexity index is 704. The third kappa shape index (κ3) is 2.40. The number of rotatable bonds is 5. The largest absolute Gasteiger partial charge is 0.478 e. The van der Waals surface area contributed by atoms with Gasteiger partial charge < -0.3 is 20.4 Å². The Balaban J connectivity index is 2.60. The average molecular weight is 275 g/mol. The van der Waals surface area contributed by atoms with Crippen molar-refractivity contribution in [1.29, 1.82) is 5.41 Å². The maximum Gasteiger partial charge on any atom is 0.337 e. The van der Waals surface area contributed by atoms with Crippen LogP contribution in [0.25, 0.3) is 10.9 Å². The molecule has 0 unspecified atom stereocenters. The number of aromatic carboxylic acids is 1. The van der Waals surface area contributed by atoms with Crippen LogP contribution in [0.4, 0.5) is 4.39 Å². The molecule has 0 amide bonds. The standard InChI is InChI=1S/C14H14FN3O2/c1-17-6-9(5-16)7-18-8-10(14(19)20)13-11(15)3-2-4-12(13)18/h2-6,8,16-17H,7H2,1H3,(H,19,20)/b9-6+,16-5?. The number of carboxylic acid groups (broad SMARTS) is 1. The number of fused-ring (bicyclic) bond motifs is 1. The molecule has 2 rings (SSSR count). The van der Waals surface area contributed by atoms with E-state index in [-0.39, 0.29) is 17.5 Å². The minimum Gasteiger partial charge on any atom is -0.478 e. The molecule has 2 aromatic rings. The zero-order valence-corrected chi connectivity index (χ0v) is 10.9. The molecular formula is C14H14FN3O2. The maximum atomic E-state index is 13.8. The lowest BCUT2D eigenvalue weighted by atomic mass is 10.1. The lowest BCUT2D eigenvalue weighted by Crippen LogP contribution is -2.05. The van der Waals surface area contributed by atoms with E-state index >= 15 is 0 Å². The molecule has 0 saturated carbocycles. The molecule has 0 aliphatic rings. The monoisotopic (exact) mass is 275 g/mol. The maximum absolute atomic E-state index is 13.8. The quantitative estimate of drug-likeness (QED) is 0.732. The van der Waals surface area contributed by atoms with E-state index < -0.39 is 11.8 Å². The van der Waals surface area contributed by atoms with Crippen LogP contribution in [-0.2, 0) is 6.54 Å². The Labute approximate surface area is 114 Å². The number of carbonyl (C=O) groups is 1. The topological polar surface area (TPSA) is 78.1 Å². The normalized spacial score (nSPS) is 11.6. The minimum absolute atomic E-state index is 0.0770. The molecule has 1 aromatic carbocycles. The molecule has 5 nitrogen and oxygen atoms in total. The zero-order valence-electron chi connectivity index (χ0n) is 10.9. The Morgan fingerprint density at radius 2 is 2.30 bits per heavy atom. The predicted octanol–water partition coefficient (Wildman–Crippen LogP) is 2.23. The van der Waals surface area contributed by atoms with E-state index in [0.29, 0.717) is 11.1 Å². The van der Waals surface area contributed by atoms with Crippen molar-refractivity contribution in [2.75, 3.05) is 7.05 Å². The van der Waals surface area contributed by atoms with Crippen LogP contribution in [0.15, 0.2) is 36.2 Å². The second-order valence-electron chi connectivity index (χ2n) is 4.26. The molecule has 1 aromatic heterocycles. The molecule has 0 spiro atoms. The fraction of sp³-hybridized carbons (Fsp3) is 0.143. The Morgan fingerprint density at radius 1 is 1.55 bits per heavy atom. The third-order valence-electron chi connectivity index (χ3n) is 2.95. The van der Waals surface area contributed by atoms with E-state index in [1.54, 1.807) is 23.9 Å². The summed E-state index contributed by atoms with van der Waals surface area (Å²) in [5.41, 5.74) is 1.06. The van der Waals surface area contributed by atoms with E-state index in [1.807, 2.05) is 0 Å². The van der Waals surface area contributed by atoms with Crippen molar-refractivity contribution in [1.82, 2.24) is 9.88 Å². The highest BCUT2D eigenvalue weighted by molar-refractivity contribution is 6.03. The van der Waals surface area contributed by atoms with Gasteiger partial charge in [0.05, 0.1) is 17.6 Å². The molecule has 1 heterocycles. The number of hydrogen-bond donors (Lipinski definition) is 3. The van der Waals surface area contributed by atoms with Crippen molar-refractivity contribution in [3.63, 3.8) is 0 Å². The Hall–Kier alpha value is -2.63. The van der Waals surface area contributed by atoms with Gasteiger partial charge in [0.15, 0.2) is 0 Å². The summed E-state index contributed by atoms with van der Waals surface area (Å²) in [6, 6.07) is 4.43. The summed E-state index contributed by atoms with van der Waals surface area (Å²) in [4.78, 5) is 11.2. The zero-order chi connectivity index (χ0) is 14.7. The summed E-state index contributed by atoms with van der Waals surface area (Å²) in [7, 11) is 1.71. The molecule has 0 atom stereocenters. The Kier molecular flexibility index (Phi) is 3.84. The van der Waals surface area contributed by atoms with Gasteiger partial charge in [0, 0.05) is 36.6 Å². The fourth-order valence-electron chi connectivity index (χ4n) is 2.12. The van der Waals surface area contributed by atoms with Gasteiger partial charge in [-0.2, -0.15) is 0 Å². The molecule has 0 saturated heterocycles. The van der Waals surface area contributed by atoms with Crippen molar-refractivity contribution in [2.24, 2.45) is 0 Å². The molecule has 20 heavy (non-hydrogen) atoms. The predicted molar refractivity (Wildman–Crippen MR) is 74.8 cm³/mol. The number of aromatic nitrogens is 1. The Morgan fingerprint density at radius 3 is 2.90 bits per heavy atom. The van der Waals surface area contributed by atoms with Crippen LogP contribution in [-0.4, -0.2) is 28.9 Å². The van der Waals surface area contributed by atoms with Crippen molar-refractivity contribution in [2.45, 2.75) is 6.54 Å². The smallest absolute Gasteiger partial charge is 0.337 e. The lowest BCUT2D eigenvalue weighted by molar-refractivity contribution is 0.0698. The first-order valence-corrected chi connectivity index (χ1v) is 5.96. The van der Waals surface area contributed by atoms with Crippen LogP contribution >= 0.6 is 0 Å². The number of hydrogen-bond acceptors (Lipinski definition) is 3. The minimum atomic E-state index is -1.17. The molecule has 0 aliphatic heterocycles. The van der Waals surface area contributed by atoms with Gasteiger partial charge in [0.2, 0.25) is 0 Å². The highest BCUT2D eigenvalue weighted by Gasteiger charge is 2.17. The molecule has 0 bridgehead atoms. The van der Waals surface area contributed by atoms with Gasteiger partial charge in [0.1, 0.15) is 5.82 Å². The summed E-state index contributed by atoms with van der Waals surface area (Å²) in [6.45, 7) is 0.289. The molecule has 0 aliphatic carbocycles. The summed E-state index contributed by atoms with van der Waals surface area (Å²) >= 11 is 0. The second-order valence-corrected chi connectivity index (χ2v) is 4.26. The third-order valence-corrected chi connectivity index (χ3v) is 2.95. The van der Waals surface area contributed by atoms with E-state index in [1.165, 1.54) is 24.5 Å². The molecule has 0 radical (unpaired) electrons. The van der Waals surface area contributed by atoms with Crippen LogP contribution in [0.2, 0.25) is 0 Å². The molecule has 104 valence electrons. The van der Waals surface area contributed by atoms with Crippen LogP contribution in [0, 0.1) is 11.2 Å². The van der Waals surface area contributed by atoms with Crippen LogP contribution in [0.3, 0.4) is 0 Å². The van der Waals surface area contributed by atoms with Crippen molar-refractivity contribution in [3.05, 3.63) is 47.5 Å². The van der Waals surface area contributed by atoms with Crippen molar-refractivity contribution < 1.29 is 14.3 Å². The van der Waals surface area contributed by atoms with Gasteiger partial charge >= 0.3 is 5.97 Å². The summed E-state index contributed by atoms with van der Waals surface area (Å²) in [6.07, 6.45) is 4.20. The second kappa shape index (κ2) is 5.56. The van der Waals surface area contributed by atoms with E-state index in [9.17, 15) is 9.18 Å². The average Bonchev–Trinajstić information content (AvgIpc) is 2.79. The summed E-state index contributed by atoms with van der Waals surface area (Å²) in [5, 5.41) is 19.4. The van der Waals surface area contributed by atoms with Gasteiger partial charge in [-0.05, 0) is 12.1 Å². The number of halogens is 1. The van der Waals surface area contributed by atoms with Crippen LogP contribution in [0.1, 0.15) is 10.4 Å². The summed E-state index contributed by atoms with van der Waals surface area (Å²) < 4.78 is 15.5. The molecule has 3 N–H and O–H groups in total. The van der Waals surface area contributed by atoms with E-state index in [0.717, 1.165) is 0 Å². The number of allylic oxidation sites excluding steroid dienone is 1. The highest BCUT2D eigenvalue weighted by Crippen LogP contribution is 2.25. The SMILES string of the molecule is CN/C=C(\C=N)Cn1cc(C(=O)O)c2c(F)cccc21. The highest BCUT2D eigenvalue weighted by atomic mass is 19.1. The van der Waals surface area contributed by atoms with Crippen molar-refractivity contribution >= 4 is 23.1 Å². The molecule has 0 fully saturated rings. The van der Waals surface area contributed by atoms with Crippen LogP contribution in [0.5, 0.6) is 0 Å². The molecule has 6 heteroatoms. The number of benzene rings is 1. The van der Waals surface area contributed by atoms with E-state index in [2.05, 4.69) is 5.32 Å². The van der Waals surface area contributed by atoms with E-state index in [4.69, 9.17) is 10.5 Å². The van der Waals surface area contributed by atoms with Crippen molar-refractivity contribution in [3.8, 4) is 0 Å². The number of nitrogens with zero attached hydrogens (tertiary/aromatic N) is 1. The van der Waals surface area contributed by atoms with Gasteiger partial charge in [0.25, 0.3) is 0 Å². The van der Waals surface area contributed by atoms with Gasteiger partial charge in [-0.25, -0.2) is 9.18 Å².